The van der Waals surface area contributed by atoms with Crippen LogP contribution >= 0.6 is 0 Å². The summed E-state index contributed by atoms with van der Waals surface area (Å²) in [4.78, 5) is 7.08. The van der Waals surface area contributed by atoms with Gasteiger partial charge in [-0.1, -0.05) is 30.3 Å². The van der Waals surface area contributed by atoms with E-state index in [0.717, 1.165) is 55.7 Å². The first kappa shape index (κ1) is 19.8. The third kappa shape index (κ3) is 4.92. The van der Waals surface area contributed by atoms with Gasteiger partial charge in [0.05, 0.1) is 5.52 Å². The van der Waals surface area contributed by atoms with Crippen LogP contribution in [0.15, 0.2) is 54.6 Å². The number of anilines is 1. The van der Waals surface area contributed by atoms with Gasteiger partial charge < -0.3 is 15.3 Å². The molecule has 4 rings (SSSR count). The van der Waals surface area contributed by atoms with Gasteiger partial charge in [-0.05, 0) is 55.5 Å². The van der Waals surface area contributed by atoms with Crippen LogP contribution in [0.4, 0.5) is 10.2 Å². The van der Waals surface area contributed by atoms with Crippen LogP contribution in [0.25, 0.3) is 10.9 Å². The summed E-state index contributed by atoms with van der Waals surface area (Å²) in [5.74, 6) is 0.915. The van der Waals surface area contributed by atoms with Gasteiger partial charge in [-0.15, -0.1) is 0 Å². The molecule has 0 radical (unpaired) electrons. The minimum absolute atomic E-state index is 0.198. The molecule has 152 valence electrons. The zero-order chi connectivity index (χ0) is 20.1. The van der Waals surface area contributed by atoms with Gasteiger partial charge in [0.2, 0.25) is 0 Å². The number of rotatable bonds is 7. The molecule has 1 aromatic heterocycles. The molecule has 3 aromatic rings. The van der Waals surface area contributed by atoms with Crippen molar-refractivity contribution in [2.45, 2.75) is 25.8 Å². The Morgan fingerprint density at radius 2 is 2.00 bits per heavy atom. The number of aliphatic hydroxyl groups is 1. The van der Waals surface area contributed by atoms with Gasteiger partial charge in [-0.2, -0.15) is 0 Å². The van der Waals surface area contributed by atoms with Crippen molar-refractivity contribution < 1.29 is 9.50 Å². The second-order valence-electron chi connectivity index (χ2n) is 7.86. The molecule has 1 aliphatic heterocycles. The van der Waals surface area contributed by atoms with E-state index in [9.17, 15) is 9.50 Å². The fourth-order valence-corrected chi connectivity index (χ4v) is 4.08. The summed E-state index contributed by atoms with van der Waals surface area (Å²) >= 11 is 0. The average molecular weight is 394 g/mol. The van der Waals surface area contributed by atoms with Gasteiger partial charge in [0.25, 0.3) is 0 Å². The van der Waals surface area contributed by atoms with Crippen LogP contribution in [0.2, 0.25) is 0 Å². The highest BCUT2D eigenvalue weighted by Crippen LogP contribution is 2.28. The Morgan fingerprint density at radius 1 is 1.14 bits per heavy atom. The summed E-state index contributed by atoms with van der Waals surface area (Å²) in [7, 11) is 0. The quantitative estimate of drug-likeness (QED) is 0.598. The molecule has 0 amide bonds. The zero-order valence-corrected chi connectivity index (χ0v) is 16.6. The van der Waals surface area contributed by atoms with E-state index >= 15 is 0 Å². The first-order valence-electron chi connectivity index (χ1n) is 10.4. The summed E-state index contributed by atoms with van der Waals surface area (Å²) in [6, 6.07) is 17.3. The van der Waals surface area contributed by atoms with Crippen LogP contribution in [-0.4, -0.2) is 36.3 Å². The summed E-state index contributed by atoms with van der Waals surface area (Å²) in [5.41, 5.74) is 3.11. The maximum atomic E-state index is 13.7. The van der Waals surface area contributed by atoms with Crippen molar-refractivity contribution in [1.29, 1.82) is 0 Å². The van der Waals surface area contributed by atoms with Crippen molar-refractivity contribution >= 4 is 16.7 Å². The van der Waals surface area contributed by atoms with Gasteiger partial charge >= 0.3 is 0 Å². The summed E-state index contributed by atoms with van der Waals surface area (Å²) in [6.07, 6.45) is 3.05. The molecular formula is C24H28FN3O. The molecule has 1 fully saturated rings. The van der Waals surface area contributed by atoms with Crippen LogP contribution in [-0.2, 0) is 13.0 Å². The molecule has 0 spiro atoms. The molecule has 2 aromatic carbocycles. The molecule has 4 nitrogen and oxygen atoms in total. The molecule has 0 bridgehead atoms. The van der Waals surface area contributed by atoms with Crippen molar-refractivity contribution in [1.82, 2.24) is 10.3 Å². The highest BCUT2D eigenvalue weighted by Gasteiger charge is 2.22. The lowest BCUT2D eigenvalue weighted by Crippen LogP contribution is -2.38. The number of nitrogens with one attached hydrogen (secondary N) is 1. The number of hydrogen-bond acceptors (Lipinski definition) is 4. The van der Waals surface area contributed by atoms with Crippen molar-refractivity contribution in [2.24, 2.45) is 5.92 Å². The van der Waals surface area contributed by atoms with E-state index in [1.54, 1.807) is 6.07 Å². The number of nitrogens with zero attached hydrogens (tertiary/aromatic N) is 2. The van der Waals surface area contributed by atoms with Gasteiger partial charge in [0.15, 0.2) is 0 Å². The molecule has 0 aliphatic carbocycles. The third-order valence-electron chi connectivity index (χ3n) is 5.66. The van der Waals surface area contributed by atoms with Gasteiger partial charge in [-0.25, -0.2) is 9.37 Å². The maximum absolute atomic E-state index is 13.7. The van der Waals surface area contributed by atoms with Crippen LogP contribution in [0.1, 0.15) is 24.0 Å². The Balaban J connectivity index is 1.54. The molecular weight excluding hydrogens is 365 g/mol. The average Bonchev–Trinajstić information content (AvgIpc) is 2.77. The Bertz CT molecular complexity index is 948. The molecule has 0 saturated carbocycles. The molecule has 1 aliphatic rings. The Kier molecular flexibility index (Phi) is 6.37. The fourth-order valence-electron chi connectivity index (χ4n) is 4.08. The highest BCUT2D eigenvalue weighted by atomic mass is 19.1. The minimum Gasteiger partial charge on any atom is -0.396 e. The predicted octanol–water partition coefficient (Wildman–Crippen LogP) is 3.91. The second-order valence-corrected chi connectivity index (χ2v) is 7.86. The lowest BCUT2D eigenvalue weighted by Gasteiger charge is -2.34. The molecule has 5 heteroatoms. The largest absolute Gasteiger partial charge is 0.396 e. The maximum Gasteiger partial charge on any atom is 0.133 e. The third-order valence-corrected chi connectivity index (χ3v) is 5.66. The second kappa shape index (κ2) is 9.33. The van der Waals surface area contributed by atoms with E-state index in [4.69, 9.17) is 4.98 Å². The number of benzene rings is 2. The smallest absolute Gasteiger partial charge is 0.133 e. The summed E-state index contributed by atoms with van der Waals surface area (Å²) < 4.78 is 13.7. The summed E-state index contributed by atoms with van der Waals surface area (Å²) in [6.45, 7) is 3.50. The topological polar surface area (TPSA) is 48.4 Å². The standard InChI is InChI=1S/C24H28FN3O/c25-22-9-8-20-13-21(15-26-11-10-18-5-2-1-3-6-18)24(27-23(20)14-22)28-12-4-7-19(16-28)17-29/h1-3,5-6,8-9,13-14,19,26,29H,4,7,10-12,15-17H2/t19-/m0/s1. The van der Waals surface area contributed by atoms with Crippen LogP contribution < -0.4 is 10.2 Å². The molecule has 2 N–H and O–H groups in total. The lowest BCUT2D eigenvalue weighted by atomic mass is 9.98. The lowest BCUT2D eigenvalue weighted by molar-refractivity contribution is 0.208. The fraction of sp³-hybridized carbons (Fsp3) is 0.375. The van der Waals surface area contributed by atoms with E-state index in [0.29, 0.717) is 12.1 Å². The molecule has 1 atom stereocenters. The van der Waals surface area contributed by atoms with Gasteiger partial charge in [0.1, 0.15) is 11.6 Å². The number of hydrogen-bond donors (Lipinski definition) is 2. The Labute approximate surface area is 171 Å². The SMILES string of the molecule is OC[C@H]1CCCN(c2nc3cc(F)ccc3cc2CNCCc2ccccc2)C1. The monoisotopic (exact) mass is 393 g/mol. The van der Waals surface area contributed by atoms with Gasteiger partial charge in [-0.3, -0.25) is 0 Å². The number of pyridine rings is 1. The zero-order valence-electron chi connectivity index (χ0n) is 16.6. The van der Waals surface area contributed by atoms with Crippen LogP contribution in [0, 0.1) is 11.7 Å². The molecule has 1 saturated heterocycles. The van der Waals surface area contributed by atoms with Crippen molar-refractivity contribution in [3.63, 3.8) is 0 Å². The number of fused-ring (bicyclic) bond motifs is 1. The number of halogens is 1. The Morgan fingerprint density at radius 3 is 2.83 bits per heavy atom. The van der Waals surface area contributed by atoms with Crippen LogP contribution in [0.5, 0.6) is 0 Å². The first-order chi connectivity index (χ1) is 14.2. The molecule has 0 unspecified atom stereocenters. The first-order valence-corrected chi connectivity index (χ1v) is 10.4. The van der Waals surface area contributed by atoms with E-state index < -0.39 is 0 Å². The van der Waals surface area contributed by atoms with E-state index in [1.807, 2.05) is 6.07 Å². The summed E-state index contributed by atoms with van der Waals surface area (Å²) in [5, 5.41) is 14.1. The highest BCUT2D eigenvalue weighted by molar-refractivity contribution is 5.82. The van der Waals surface area contributed by atoms with E-state index in [-0.39, 0.29) is 18.3 Å². The van der Waals surface area contributed by atoms with Crippen molar-refractivity contribution in [3.8, 4) is 0 Å². The number of aromatic nitrogens is 1. The van der Waals surface area contributed by atoms with Gasteiger partial charge in [0, 0.05) is 43.3 Å². The minimum atomic E-state index is -0.267. The van der Waals surface area contributed by atoms with E-state index in [1.165, 1.54) is 17.7 Å². The van der Waals surface area contributed by atoms with Crippen LogP contribution in [0.3, 0.4) is 0 Å². The number of aliphatic hydroxyl groups excluding tert-OH is 1. The molecule has 29 heavy (non-hydrogen) atoms. The molecule has 2 heterocycles. The van der Waals surface area contributed by atoms with Crippen molar-refractivity contribution in [3.05, 3.63) is 71.5 Å². The van der Waals surface area contributed by atoms with Crippen molar-refractivity contribution in [2.75, 3.05) is 31.1 Å². The number of piperidine rings is 1. The predicted molar refractivity (Wildman–Crippen MR) is 116 cm³/mol. The Hall–Kier alpha value is -2.50. The van der Waals surface area contributed by atoms with E-state index in [2.05, 4.69) is 40.5 Å². The normalized spacial score (nSPS) is 17.0.